The zero-order valence-corrected chi connectivity index (χ0v) is 7.83. The van der Waals surface area contributed by atoms with Crippen LogP contribution in [0.2, 0.25) is 0 Å². The van der Waals surface area contributed by atoms with Gasteiger partial charge in [-0.2, -0.15) is 0 Å². The largest absolute Gasteiger partial charge is 0.481 e. The Kier molecular flexibility index (Phi) is 1.85. The molecule has 6 heteroatoms. The molecule has 0 spiro atoms. The summed E-state index contributed by atoms with van der Waals surface area (Å²) in [6.07, 6.45) is 0.481. The van der Waals surface area contributed by atoms with E-state index in [1.807, 2.05) is 0 Å². The molecule has 2 rings (SSSR count). The molecule has 0 aromatic rings. The average Bonchev–Trinajstić information content (AvgIpc) is 2.39. The highest BCUT2D eigenvalue weighted by atomic mass is 32.2. The Balaban J connectivity index is 2.09. The second-order valence-corrected chi connectivity index (χ2v) is 5.81. The number of carboxylic acid groups (broad SMARTS) is 1. The molecule has 2 saturated heterocycles. The van der Waals surface area contributed by atoms with Crippen LogP contribution in [0.5, 0.6) is 0 Å². The highest BCUT2D eigenvalue weighted by molar-refractivity contribution is 7.91. The third kappa shape index (κ3) is 1.55. The number of nitrogens with zero attached hydrogens (tertiary/aromatic N) is 1. The second kappa shape index (κ2) is 2.68. The van der Waals surface area contributed by atoms with Gasteiger partial charge in [-0.1, -0.05) is 0 Å². The van der Waals surface area contributed by atoms with Gasteiger partial charge in [0.2, 0.25) is 0 Å². The minimum absolute atomic E-state index is 0.0431. The number of carbonyl (C=O) groups is 1. The molecule has 2 atom stereocenters. The number of hydrogen-bond acceptors (Lipinski definition) is 4. The predicted octanol–water partition coefficient (Wildman–Crippen LogP) is -0.853. The van der Waals surface area contributed by atoms with Crippen molar-refractivity contribution in [3.8, 4) is 0 Å². The van der Waals surface area contributed by atoms with E-state index in [1.54, 1.807) is 4.90 Å². The monoisotopic (exact) mass is 205 g/mol. The molecule has 0 saturated carbocycles. The molecule has 2 heterocycles. The molecule has 0 bridgehead atoms. The van der Waals surface area contributed by atoms with Crippen molar-refractivity contribution in [2.45, 2.75) is 12.5 Å². The fourth-order valence-corrected chi connectivity index (χ4v) is 3.95. The summed E-state index contributed by atoms with van der Waals surface area (Å²) in [4.78, 5) is 12.4. The van der Waals surface area contributed by atoms with Gasteiger partial charge in [0, 0.05) is 12.6 Å². The van der Waals surface area contributed by atoms with Crippen LogP contribution in [-0.2, 0) is 14.6 Å². The summed E-state index contributed by atoms with van der Waals surface area (Å²) >= 11 is 0. The molecule has 2 fully saturated rings. The average molecular weight is 205 g/mol. The summed E-state index contributed by atoms with van der Waals surface area (Å²) < 4.78 is 22.3. The van der Waals surface area contributed by atoms with E-state index in [0.29, 0.717) is 13.0 Å². The first-order chi connectivity index (χ1) is 5.98. The number of rotatable bonds is 1. The molecule has 2 aliphatic rings. The molecule has 0 aromatic carbocycles. The van der Waals surface area contributed by atoms with E-state index in [1.165, 1.54) is 0 Å². The van der Waals surface area contributed by atoms with Gasteiger partial charge in [0.25, 0.3) is 0 Å². The van der Waals surface area contributed by atoms with Crippen molar-refractivity contribution in [3.05, 3.63) is 0 Å². The third-order valence-electron chi connectivity index (χ3n) is 2.69. The lowest BCUT2D eigenvalue weighted by molar-refractivity contribution is -0.141. The lowest BCUT2D eigenvalue weighted by Gasteiger charge is -2.09. The SMILES string of the molecule is O=C(O)[C@H]1C[C@H]2CS(=O)(=O)CN2C1. The van der Waals surface area contributed by atoms with Crippen LogP contribution in [0.1, 0.15) is 6.42 Å². The lowest BCUT2D eigenvalue weighted by atomic mass is 10.1. The summed E-state index contributed by atoms with van der Waals surface area (Å²) in [6.45, 7) is 0.388. The first-order valence-corrected chi connectivity index (χ1v) is 5.97. The quantitative estimate of drug-likeness (QED) is 0.603. The Morgan fingerprint density at radius 3 is 2.69 bits per heavy atom. The normalized spacial score (nSPS) is 37.5. The highest BCUT2D eigenvalue weighted by Crippen LogP contribution is 2.29. The third-order valence-corrected chi connectivity index (χ3v) is 4.30. The Labute approximate surface area is 76.3 Å². The maximum absolute atomic E-state index is 11.1. The van der Waals surface area contributed by atoms with Crippen LogP contribution in [0.3, 0.4) is 0 Å². The molecule has 5 nitrogen and oxygen atoms in total. The molecule has 1 N–H and O–H groups in total. The summed E-state index contributed by atoms with van der Waals surface area (Å²) in [6, 6.07) is -0.0499. The molecule has 0 radical (unpaired) electrons. The van der Waals surface area contributed by atoms with E-state index in [2.05, 4.69) is 0 Å². The van der Waals surface area contributed by atoms with Crippen molar-refractivity contribution in [1.82, 2.24) is 4.90 Å². The van der Waals surface area contributed by atoms with Gasteiger partial charge in [-0.25, -0.2) is 8.42 Å². The van der Waals surface area contributed by atoms with E-state index in [9.17, 15) is 13.2 Å². The van der Waals surface area contributed by atoms with Crippen molar-refractivity contribution in [2.75, 3.05) is 18.2 Å². The topological polar surface area (TPSA) is 74.7 Å². The minimum atomic E-state index is -2.92. The summed E-state index contributed by atoms with van der Waals surface area (Å²) in [5.74, 6) is -1.01. The maximum Gasteiger partial charge on any atom is 0.307 e. The standard InChI is InChI=1S/C7H11NO4S/c9-7(10)5-1-6-3-13(11,12)4-8(6)2-5/h5-6H,1-4H2,(H,9,10)/t5-,6-/m0/s1. The predicted molar refractivity (Wildman–Crippen MR) is 44.9 cm³/mol. The number of sulfone groups is 1. The molecule has 0 unspecified atom stereocenters. The van der Waals surface area contributed by atoms with E-state index in [-0.39, 0.29) is 23.6 Å². The van der Waals surface area contributed by atoms with Crippen molar-refractivity contribution < 1.29 is 18.3 Å². The van der Waals surface area contributed by atoms with Crippen LogP contribution in [0.25, 0.3) is 0 Å². The molecule has 74 valence electrons. The van der Waals surface area contributed by atoms with Gasteiger partial charge in [-0.15, -0.1) is 0 Å². The second-order valence-electron chi connectivity index (χ2n) is 3.74. The zero-order chi connectivity index (χ0) is 9.64. The maximum atomic E-state index is 11.1. The van der Waals surface area contributed by atoms with Gasteiger partial charge >= 0.3 is 5.97 Å². The Morgan fingerprint density at radius 2 is 2.15 bits per heavy atom. The van der Waals surface area contributed by atoms with Crippen LogP contribution in [0, 0.1) is 5.92 Å². The molecule has 2 aliphatic heterocycles. The smallest absolute Gasteiger partial charge is 0.307 e. The van der Waals surface area contributed by atoms with E-state index in [4.69, 9.17) is 5.11 Å². The van der Waals surface area contributed by atoms with Gasteiger partial charge < -0.3 is 5.11 Å². The summed E-state index contributed by atoms with van der Waals surface area (Å²) in [7, 11) is -2.92. The minimum Gasteiger partial charge on any atom is -0.481 e. The molecule has 0 aliphatic carbocycles. The molecule has 0 amide bonds. The molecular formula is C7H11NO4S. The fourth-order valence-electron chi connectivity index (χ4n) is 2.09. The molecule has 13 heavy (non-hydrogen) atoms. The number of fused-ring (bicyclic) bond motifs is 1. The van der Waals surface area contributed by atoms with Crippen molar-refractivity contribution in [1.29, 1.82) is 0 Å². The highest BCUT2D eigenvalue weighted by Gasteiger charge is 2.44. The number of carboxylic acids is 1. The van der Waals surface area contributed by atoms with Gasteiger partial charge in [0.05, 0.1) is 11.7 Å². The van der Waals surface area contributed by atoms with Gasteiger partial charge in [0.15, 0.2) is 9.84 Å². The summed E-state index contributed by atoms with van der Waals surface area (Å²) in [5.41, 5.74) is 0. The van der Waals surface area contributed by atoms with E-state index < -0.39 is 15.8 Å². The number of aliphatic carboxylic acids is 1. The Bertz CT molecular complexity index is 316. The lowest BCUT2D eigenvalue weighted by Crippen LogP contribution is -2.25. The first kappa shape index (κ1) is 8.96. The van der Waals surface area contributed by atoms with E-state index in [0.717, 1.165) is 0 Å². The van der Waals surface area contributed by atoms with Crippen molar-refractivity contribution >= 4 is 15.8 Å². The molecular weight excluding hydrogens is 194 g/mol. The number of hydrogen-bond donors (Lipinski definition) is 1. The first-order valence-electron chi connectivity index (χ1n) is 4.15. The van der Waals surface area contributed by atoms with Crippen molar-refractivity contribution in [2.24, 2.45) is 5.92 Å². The Hall–Kier alpha value is -0.620. The van der Waals surface area contributed by atoms with Crippen LogP contribution in [0.4, 0.5) is 0 Å². The zero-order valence-electron chi connectivity index (χ0n) is 7.01. The van der Waals surface area contributed by atoms with Crippen LogP contribution >= 0.6 is 0 Å². The Morgan fingerprint density at radius 1 is 1.46 bits per heavy atom. The van der Waals surface area contributed by atoms with E-state index >= 15 is 0 Å². The molecule has 0 aromatic heterocycles. The van der Waals surface area contributed by atoms with Crippen LogP contribution in [0.15, 0.2) is 0 Å². The van der Waals surface area contributed by atoms with Gasteiger partial charge in [0.1, 0.15) is 5.88 Å². The van der Waals surface area contributed by atoms with Gasteiger partial charge in [-0.3, -0.25) is 9.69 Å². The summed E-state index contributed by atoms with van der Waals surface area (Å²) in [5, 5.41) is 8.72. The van der Waals surface area contributed by atoms with Crippen molar-refractivity contribution in [3.63, 3.8) is 0 Å². The van der Waals surface area contributed by atoms with Crippen LogP contribution in [-0.4, -0.2) is 48.6 Å². The fraction of sp³-hybridized carbons (Fsp3) is 0.857. The van der Waals surface area contributed by atoms with Crippen LogP contribution < -0.4 is 0 Å². The van der Waals surface area contributed by atoms with Gasteiger partial charge in [-0.05, 0) is 6.42 Å².